The first kappa shape index (κ1) is 12.6. The summed E-state index contributed by atoms with van der Waals surface area (Å²) in [6, 6.07) is 1.75. The molecular formula is C12H18ClN3O. The molecule has 1 heterocycles. The number of nitrogens with zero attached hydrogens (tertiary/aromatic N) is 2. The number of halogens is 1. The molecule has 0 amide bonds. The van der Waals surface area contributed by atoms with Crippen LogP contribution in [0.3, 0.4) is 0 Å². The Balaban J connectivity index is 1.80. The summed E-state index contributed by atoms with van der Waals surface area (Å²) >= 11 is 5.91. The molecule has 1 aromatic heterocycles. The maximum absolute atomic E-state index is 5.91. The highest BCUT2D eigenvalue weighted by Crippen LogP contribution is 2.33. The van der Waals surface area contributed by atoms with E-state index in [1.54, 1.807) is 13.2 Å². The van der Waals surface area contributed by atoms with E-state index in [0.29, 0.717) is 17.6 Å². The lowest BCUT2D eigenvalue weighted by Gasteiger charge is -2.07. The monoisotopic (exact) mass is 255 g/mol. The van der Waals surface area contributed by atoms with E-state index in [2.05, 4.69) is 15.3 Å². The summed E-state index contributed by atoms with van der Waals surface area (Å²) in [6.45, 7) is 1.33. The summed E-state index contributed by atoms with van der Waals surface area (Å²) in [4.78, 5) is 8.40. The topological polar surface area (TPSA) is 47.0 Å². The normalized spacial score (nSPS) is 14.9. The Morgan fingerprint density at radius 3 is 3.00 bits per heavy atom. The minimum Gasteiger partial charge on any atom is -0.377 e. The van der Waals surface area contributed by atoms with Crippen LogP contribution in [0.5, 0.6) is 0 Å². The van der Waals surface area contributed by atoms with Crippen molar-refractivity contribution >= 4 is 17.4 Å². The Labute approximate surface area is 107 Å². The molecule has 0 saturated heterocycles. The molecule has 94 valence electrons. The third kappa shape index (κ3) is 4.48. The molecule has 5 heteroatoms. The fraction of sp³-hybridized carbons (Fsp3) is 0.667. The van der Waals surface area contributed by atoms with Crippen LogP contribution in [0.2, 0.25) is 5.15 Å². The number of ether oxygens (including phenoxy) is 1. The van der Waals surface area contributed by atoms with E-state index in [4.69, 9.17) is 16.3 Å². The minimum absolute atomic E-state index is 0.386. The smallest absolute Gasteiger partial charge is 0.158 e. The predicted molar refractivity (Wildman–Crippen MR) is 68.2 cm³/mol. The van der Waals surface area contributed by atoms with Gasteiger partial charge in [0.2, 0.25) is 0 Å². The largest absolute Gasteiger partial charge is 0.377 e. The molecule has 0 bridgehead atoms. The van der Waals surface area contributed by atoms with Crippen molar-refractivity contribution in [2.45, 2.75) is 32.3 Å². The summed E-state index contributed by atoms with van der Waals surface area (Å²) < 4.78 is 4.99. The van der Waals surface area contributed by atoms with Gasteiger partial charge >= 0.3 is 0 Å². The van der Waals surface area contributed by atoms with Crippen LogP contribution in [0.25, 0.3) is 0 Å². The fourth-order valence-corrected chi connectivity index (χ4v) is 1.96. The van der Waals surface area contributed by atoms with Crippen molar-refractivity contribution in [1.82, 2.24) is 9.97 Å². The number of aromatic nitrogens is 2. The van der Waals surface area contributed by atoms with Crippen molar-refractivity contribution < 1.29 is 4.74 Å². The molecule has 1 aliphatic rings. The van der Waals surface area contributed by atoms with Gasteiger partial charge in [-0.15, -0.1) is 0 Å². The summed E-state index contributed by atoms with van der Waals surface area (Å²) in [7, 11) is 1.62. The molecule has 0 spiro atoms. The molecule has 0 aliphatic heterocycles. The fourth-order valence-electron chi connectivity index (χ4n) is 1.76. The predicted octanol–water partition coefficient (Wildman–Crippen LogP) is 2.88. The van der Waals surface area contributed by atoms with Gasteiger partial charge in [-0.05, 0) is 18.8 Å². The zero-order valence-electron chi connectivity index (χ0n) is 10.1. The quantitative estimate of drug-likeness (QED) is 0.601. The number of methoxy groups -OCH3 is 1. The number of rotatable bonds is 7. The number of anilines is 1. The Bertz CT molecular complexity index is 369. The number of nitrogens with one attached hydrogen (secondary N) is 1. The zero-order valence-corrected chi connectivity index (χ0v) is 10.8. The molecule has 1 aliphatic carbocycles. The van der Waals surface area contributed by atoms with Gasteiger partial charge in [-0.1, -0.05) is 24.4 Å². The lowest BCUT2D eigenvalue weighted by molar-refractivity contribution is 0.178. The zero-order chi connectivity index (χ0) is 12.1. The third-order valence-corrected chi connectivity index (χ3v) is 3.00. The highest BCUT2D eigenvalue weighted by Gasteiger charge is 2.19. The van der Waals surface area contributed by atoms with E-state index in [1.165, 1.54) is 25.7 Å². The first-order valence-electron chi connectivity index (χ1n) is 6.04. The SMILES string of the molecule is COCc1nc(Cl)cc(NCCCC2CC2)n1. The summed E-state index contributed by atoms with van der Waals surface area (Å²) in [6.07, 6.45) is 5.33. The third-order valence-electron chi connectivity index (χ3n) is 2.81. The molecule has 4 nitrogen and oxygen atoms in total. The van der Waals surface area contributed by atoms with Crippen LogP contribution in [0.15, 0.2) is 6.07 Å². The van der Waals surface area contributed by atoms with Crippen molar-refractivity contribution in [3.63, 3.8) is 0 Å². The standard InChI is InChI=1S/C12H18ClN3O/c1-17-8-12-15-10(13)7-11(16-12)14-6-2-3-9-4-5-9/h7,9H,2-6,8H2,1H3,(H,14,15,16). The van der Waals surface area contributed by atoms with Gasteiger partial charge in [-0.3, -0.25) is 0 Å². The van der Waals surface area contributed by atoms with Gasteiger partial charge < -0.3 is 10.1 Å². The van der Waals surface area contributed by atoms with Crippen molar-refractivity contribution in [1.29, 1.82) is 0 Å². The minimum atomic E-state index is 0.386. The second-order valence-corrected chi connectivity index (χ2v) is 4.82. The molecule has 0 radical (unpaired) electrons. The molecule has 17 heavy (non-hydrogen) atoms. The van der Waals surface area contributed by atoms with Gasteiger partial charge in [-0.2, -0.15) is 0 Å². The van der Waals surface area contributed by atoms with Crippen LogP contribution in [-0.4, -0.2) is 23.6 Å². The first-order chi connectivity index (χ1) is 8.28. The Morgan fingerprint density at radius 2 is 2.29 bits per heavy atom. The second-order valence-electron chi connectivity index (χ2n) is 4.44. The lowest BCUT2D eigenvalue weighted by Crippen LogP contribution is -2.06. The Hall–Kier alpha value is -0.870. The summed E-state index contributed by atoms with van der Waals surface area (Å²) in [5.74, 6) is 2.38. The molecular weight excluding hydrogens is 238 g/mol. The summed E-state index contributed by atoms with van der Waals surface area (Å²) in [5.41, 5.74) is 0. The number of hydrogen-bond acceptors (Lipinski definition) is 4. The molecule has 0 atom stereocenters. The van der Waals surface area contributed by atoms with Gasteiger partial charge in [0, 0.05) is 19.7 Å². The van der Waals surface area contributed by atoms with E-state index >= 15 is 0 Å². The number of hydrogen-bond donors (Lipinski definition) is 1. The maximum atomic E-state index is 5.91. The van der Waals surface area contributed by atoms with E-state index in [9.17, 15) is 0 Å². The maximum Gasteiger partial charge on any atom is 0.158 e. The highest BCUT2D eigenvalue weighted by molar-refractivity contribution is 6.29. The van der Waals surface area contributed by atoms with E-state index < -0.39 is 0 Å². The van der Waals surface area contributed by atoms with Crippen molar-refractivity contribution in [2.75, 3.05) is 19.0 Å². The average molecular weight is 256 g/mol. The summed E-state index contributed by atoms with van der Waals surface area (Å²) in [5, 5.41) is 3.73. The molecule has 1 aromatic rings. The van der Waals surface area contributed by atoms with Crippen LogP contribution in [0.1, 0.15) is 31.5 Å². The van der Waals surface area contributed by atoms with E-state index in [0.717, 1.165) is 18.3 Å². The molecule has 2 rings (SSSR count). The molecule has 0 aromatic carbocycles. The van der Waals surface area contributed by atoms with Gasteiger partial charge in [0.15, 0.2) is 5.82 Å². The van der Waals surface area contributed by atoms with Crippen LogP contribution in [-0.2, 0) is 11.3 Å². The van der Waals surface area contributed by atoms with Crippen LogP contribution in [0, 0.1) is 5.92 Å². The van der Waals surface area contributed by atoms with Gasteiger partial charge in [0.1, 0.15) is 17.6 Å². The van der Waals surface area contributed by atoms with Crippen LogP contribution >= 0.6 is 11.6 Å². The Morgan fingerprint density at radius 1 is 1.47 bits per heavy atom. The lowest BCUT2D eigenvalue weighted by atomic mass is 10.2. The van der Waals surface area contributed by atoms with Crippen LogP contribution < -0.4 is 5.32 Å². The van der Waals surface area contributed by atoms with E-state index in [-0.39, 0.29) is 0 Å². The molecule has 1 N–H and O–H groups in total. The molecule has 1 fully saturated rings. The molecule has 0 unspecified atom stereocenters. The van der Waals surface area contributed by atoms with Crippen molar-refractivity contribution in [3.8, 4) is 0 Å². The van der Waals surface area contributed by atoms with Gasteiger partial charge in [-0.25, -0.2) is 9.97 Å². The van der Waals surface area contributed by atoms with Gasteiger partial charge in [0.05, 0.1) is 0 Å². The first-order valence-corrected chi connectivity index (χ1v) is 6.42. The van der Waals surface area contributed by atoms with Gasteiger partial charge in [0.25, 0.3) is 0 Å². The second kappa shape index (κ2) is 6.17. The average Bonchev–Trinajstić information content (AvgIpc) is 3.08. The van der Waals surface area contributed by atoms with Crippen LogP contribution in [0.4, 0.5) is 5.82 Å². The van der Waals surface area contributed by atoms with Crippen molar-refractivity contribution in [2.24, 2.45) is 5.92 Å². The highest BCUT2D eigenvalue weighted by atomic mass is 35.5. The van der Waals surface area contributed by atoms with Crippen molar-refractivity contribution in [3.05, 3.63) is 17.0 Å². The Kier molecular flexibility index (Phi) is 4.57. The molecule has 1 saturated carbocycles. The van der Waals surface area contributed by atoms with E-state index in [1.807, 2.05) is 0 Å².